The van der Waals surface area contributed by atoms with Gasteiger partial charge in [-0.2, -0.15) is 5.10 Å². The number of carbonyl (C=O) groups is 2. The van der Waals surface area contributed by atoms with Crippen molar-refractivity contribution in [2.24, 2.45) is 5.92 Å². The maximum atomic E-state index is 12.8. The molecule has 1 N–H and O–H groups in total. The predicted molar refractivity (Wildman–Crippen MR) is 123 cm³/mol. The van der Waals surface area contributed by atoms with Gasteiger partial charge in [-0.1, -0.05) is 50.6 Å². The fraction of sp³-hybridized carbons (Fsp3) is 0.435. The molecule has 1 aromatic heterocycles. The Morgan fingerprint density at radius 2 is 1.97 bits per heavy atom. The molecule has 30 heavy (non-hydrogen) atoms. The van der Waals surface area contributed by atoms with Crippen LogP contribution in [0.2, 0.25) is 5.15 Å². The summed E-state index contributed by atoms with van der Waals surface area (Å²) in [5, 5.41) is 7.85. The Morgan fingerprint density at radius 1 is 1.27 bits per heavy atom. The Morgan fingerprint density at radius 3 is 2.60 bits per heavy atom. The van der Waals surface area contributed by atoms with E-state index in [-0.39, 0.29) is 18.4 Å². The van der Waals surface area contributed by atoms with E-state index in [4.69, 9.17) is 11.6 Å². The quantitative estimate of drug-likeness (QED) is 0.586. The van der Waals surface area contributed by atoms with Crippen LogP contribution < -0.4 is 5.32 Å². The van der Waals surface area contributed by atoms with Crippen molar-refractivity contribution in [2.45, 2.75) is 47.6 Å². The minimum Gasteiger partial charge on any atom is -0.330 e. The van der Waals surface area contributed by atoms with Gasteiger partial charge in [-0.3, -0.25) is 14.3 Å². The van der Waals surface area contributed by atoms with Crippen molar-refractivity contribution in [3.05, 3.63) is 52.3 Å². The average molecular weight is 431 g/mol. The van der Waals surface area contributed by atoms with Crippen molar-refractivity contribution >= 4 is 35.2 Å². The fourth-order valence-corrected chi connectivity index (χ4v) is 3.40. The standard InChI is InChI=1S/C23H31ClN4O2/c1-6-13-27(15-21(29)25-20-10-8-7-9-17(20)4)22(30)12-11-19-18(5)26-28(23(19)24)14-16(2)3/h7-12,16H,6,13-15H2,1-5H3,(H,25,29). The number of rotatable bonds is 9. The van der Waals surface area contributed by atoms with Gasteiger partial charge in [0.2, 0.25) is 11.8 Å². The van der Waals surface area contributed by atoms with Gasteiger partial charge in [0.05, 0.1) is 5.69 Å². The van der Waals surface area contributed by atoms with Crippen molar-refractivity contribution < 1.29 is 9.59 Å². The Kier molecular flexibility index (Phi) is 8.66. The van der Waals surface area contributed by atoms with Gasteiger partial charge in [-0.05, 0) is 43.9 Å². The third kappa shape index (κ3) is 6.46. The third-order valence-corrected chi connectivity index (χ3v) is 5.00. The molecule has 0 bridgehead atoms. The molecule has 0 spiro atoms. The molecular weight excluding hydrogens is 400 g/mol. The average Bonchev–Trinajstić information content (AvgIpc) is 2.93. The van der Waals surface area contributed by atoms with Crippen molar-refractivity contribution in [1.29, 1.82) is 0 Å². The lowest BCUT2D eigenvalue weighted by molar-refractivity contribution is -0.130. The van der Waals surface area contributed by atoms with Crippen LogP contribution in [0.5, 0.6) is 0 Å². The smallest absolute Gasteiger partial charge is 0.247 e. The number of benzene rings is 1. The molecule has 162 valence electrons. The van der Waals surface area contributed by atoms with E-state index in [0.717, 1.165) is 28.9 Å². The van der Waals surface area contributed by atoms with Crippen molar-refractivity contribution in [1.82, 2.24) is 14.7 Å². The summed E-state index contributed by atoms with van der Waals surface area (Å²) in [5.74, 6) is -0.0469. The van der Waals surface area contributed by atoms with Gasteiger partial charge in [0.1, 0.15) is 11.7 Å². The van der Waals surface area contributed by atoms with Crippen LogP contribution in [0.15, 0.2) is 30.3 Å². The predicted octanol–water partition coefficient (Wildman–Crippen LogP) is 4.70. The molecule has 0 aliphatic carbocycles. The van der Waals surface area contributed by atoms with Gasteiger partial charge in [0.25, 0.3) is 0 Å². The molecule has 0 fully saturated rings. The number of carbonyl (C=O) groups excluding carboxylic acids is 2. The van der Waals surface area contributed by atoms with Crippen molar-refractivity contribution in [3.8, 4) is 0 Å². The van der Waals surface area contributed by atoms with Gasteiger partial charge < -0.3 is 10.2 Å². The van der Waals surface area contributed by atoms with Crippen LogP contribution in [0.4, 0.5) is 5.69 Å². The Labute approximate surface area is 183 Å². The van der Waals surface area contributed by atoms with E-state index >= 15 is 0 Å². The van der Waals surface area contributed by atoms with Crippen LogP contribution in [-0.4, -0.2) is 39.6 Å². The minimum atomic E-state index is -0.233. The Balaban J connectivity index is 2.09. The second-order valence-corrected chi connectivity index (χ2v) is 8.18. The molecule has 1 aromatic carbocycles. The molecule has 6 nitrogen and oxygen atoms in total. The summed E-state index contributed by atoms with van der Waals surface area (Å²) in [5.41, 5.74) is 3.22. The monoisotopic (exact) mass is 430 g/mol. The number of amides is 2. The third-order valence-electron chi connectivity index (χ3n) is 4.60. The Bertz CT molecular complexity index is 918. The number of nitrogens with zero attached hydrogens (tertiary/aromatic N) is 3. The molecule has 0 atom stereocenters. The van der Waals surface area contributed by atoms with Gasteiger partial charge in [0.15, 0.2) is 0 Å². The lowest BCUT2D eigenvalue weighted by Crippen LogP contribution is -2.37. The van der Waals surface area contributed by atoms with E-state index in [9.17, 15) is 9.59 Å². The van der Waals surface area contributed by atoms with Crippen LogP contribution in [0, 0.1) is 19.8 Å². The summed E-state index contributed by atoms with van der Waals surface area (Å²) in [6.07, 6.45) is 3.90. The lowest BCUT2D eigenvalue weighted by atomic mass is 10.2. The number of anilines is 1. The van der Waals surface area contributed by atoms with E-state index in [0.29, 0.717) is 24.2 Å². The molecule has 0 saturated heterocycles. The van der Waals surface area contributed by atoms with E-state index in [2.05, 4.69) is 24.3 Å². The number of nitrogens with one attached hydrogen (secondary N) is 1. The van der Waals surface area contributed by atoms with Gasteiger partial charge >= 0.3 is 0 Å². The highest BCUT2D eigenvalue weighted by Crippen LogP contribution is 2.22. The molecule has 0 aliphatic rings. The summed E-state index contributed by atoms with van der Waals surface area (Å²) >= 11 is 6.45. The largest absolute Gasteiger partial charge is 0.330 e. The van der Waals surface area contributed by atoms with Crippen LogP contribution in [-0.2, 0) is 16.1 Å². The lowest BCUT2D eigenvalue weighted by Gasteiger charge is -2.20. The first-order chi connectivity index (χ1) is 14.2. The minimum absolute atomic E-state index is 0.00925. The molecule has 2 aromatic rings. The first kappa shape index (κ1) is 23.7. The zero-order valence-electron chi connectivity index (χ0n) is 18.4. The number of aromatic nitrogens is 2. The maximum Gasteiger partial charge on any atom is 0.247 e. The summed E-state index contributed by atoms with van der Waals surface area (Å²) in [6.45, 7) is 11.1. The highest BCUT2D eigenvalue weighted by atomic mass is 35.5. The molecule has 0 aliphatic heterocycles. The molecule has 0 unspecified atom stereocenters. The number of hydrogen-bond acceptors (Lipinski definition) is 3. The number of halogens is 1. The second-order valence-electron chi connectivity index (χ2n) is 7.82. The van der Waals surface area contributed by atoms with E-state index in [1.54, 1.807) is 10.8 Å². The van der Waals surface area contributed by atoms with E-state index < -0.39 is 0 Å². The molecule has 0 saturated carbocycles. The van der Waals surface area contributed by atoms with Crippen LogP contribution >= 0.6 is 11.6 Å². The number of hydrogen-bond donors (Lipinski definition) is 1. The number of aryl methyl sites for hydroxylation is 2. The first-order valence-corrected chi connectivity index (χ1v) is 10.7. The van der Waals surface area contributed by atoms with Crippen LogP contribution in [0.1, 0.15) is 44.0 Å². The topological polar surface area (TPSA) is 67.2 Å². The zero-order chi connectivity index (χ0) is 22.3. The van der Waals surface area contributed by atoms with Gasteiger partial charge in [0, 0.05) is 30.4 Å². The van der Waals surface area contributed by atoms with E-state index in [1.807, 2.05) is 45.0 Å². The molecule has 2 rings (SSSR count). The van der Waals surface area contributed by atoms with E-state index in [1.165, 1.54) is 11.0 Å². The summed E-state index contributed by atoms with van der Waals surface area (Å²) in [7, 11) is 0. The molecule has 1 heterocycles. The molecule has 2 amide bonds. The van der Waals surface area contributed by atoms with Crippen molar-refractivity contribution in [2.75, 3.05) is 18.4 Å². The second kappa shape index (κ2) is 11.0. The zero-order valence-corrected chi connectivity index (χ0v) is 19.2. The fourth-order valence-electron chi connectivity index (χ4n) is 3.10. The molecular formula is C23H31ClN4O2. The highest BCUT2D eigenvalue weighted by molar-refractivity contribution is 6.31. The van der Waals surface area contributed by atoms with Crippen LogP contribution in [0.25, 0.3) is 6.08 Å². The normalized spacial score (nSPS) is 11.3. The van der Waals surface area contributed by atoms with Crippen molar-refractivity contribution in [3.63, 3.8) is 0 Å². The Hall–Kier alpha value is -2.60. The molecule has 0 radical (unpaired) electrons. The number of para-hydroxylation sites is 1. The summed E-state index contributed by atoms with van der Waals surface area (Å²) < 4.78 is 1.76. The highest BCUT2D eigenvalue weighted by Gasteiger charge is 2.17. The first-order valence-electron chi connectivity index (χ1n) is 10.3. The maximum absolute atomic E-state index is 12.8. The summed E-state index contributed by atoms with van der Waals surface area (Å²) in [6, 6.07) is 7.56. The molecule has 7 heteroatoms. The van der Waals surface area contributed by atoms with Gasteiger partial charge in [-0.15, -0.1) is 0 Å². The van der Waals surface area contributed by atoms with Crippen LogP contribution in [0.3, 0.4) is 0 Å². The summed E-state index contributed by atoms with van der Waals surface area (Å²) in [4.78, 5) is 26.8. The van der Waals surface area contributed by atoms with Gasteiger partial charge in [-0.25, -0.2) is 0 Å². The SMILES string of the molecule is CCCN(CC(=O)Nc1ccccc1C)C(=O)C=Cc1c(C)nn(CC(C)C)c1Cl.